The van der Waals surface area contributed by atoms with Crippen molar-refractivity contribution in [2.75, 3.05) is 31.1 Å². The molecule has 148 valence electrons. The average molecular weight is 401 g/mol. The summed E-state index contributed by atoms with van der Waals surface area (Å²) >= 11 is 6.15. The van der Waals surface area contributed by atoms with Crippen molar-refractivity contribution in [2.24, 2.45) is 0 Å². The van der Waals surface area contributed by atoms with E-state index in [1.165, 1.54) is 10.2 Å². The van der Waals surface area contributed by atoms with E-state index >= 15 is 0 Å². The van der Waals surface area contributed by atoms with Crippen LogP contribution in [-0.2, 0) is 17.6 Å². The Morgan fingerprint density at radius 3 is 2.64 bits per heavy atom. The maximum Gasteiger partial charge on any atom is 0.267 e. The van der Waals surface area contributed by atoms with Crippen LogP contribution >= 0.6 is 11.6 Å². The highest BCUT2D eigenvalue weighted by Crippen LogP contribution is 2.26. The van der Waals surface area contributed by atoms with Gasteiger partial charge >= 0.3 is 0 Å². The molecule has 2 heterocycles. The van der Waals surface area contributed by atoms with Crippen LogP contribution in [0, 0.1) is 6.92 Å². The molecular weight excluding hydrogens is 376 g/mol. The highest BCUT2D eigenvalue weighted by molar-refractivity contribution is 6.30. The average Bonchev–Trinajstić information content (AvgIpc) is 3.15. The quantitative estimate of drug-likeness (QED) is 0.794. The predicted octanol–water partition coefficient (Wildman–Crippen LogP) is 2.60. The first-order valence-corrected chi connectivity index (χ1v) is 10.2. The fourth-order valence-electron chi connectivity index (χ4n) is 4.15. The van der Waals surface area contributed by atoms with Crippen molar-refractivity contribution in [3.8, 4) is 0 Å². The fraction of sp³-hybridized carbons (Fsp3) is 0.476. The third kappa shape index (κ3) is 3.53. The topological polar surface area (TPSA) is 58.4 Å². The first-order valence-electron chi connectivity index (χ1n) is 9.85. The van der Waals surface area contributed by atoms with Gasteiger partial charge in [-0.15, -0.1) is 0 Å². The van der Waals surface area contributed by atoms with Crippen LogP contribution in [0.1, 0.15) is 36.2 Å². The maximum absolute atomic E-state index is 13.0. The molecule has 1 aliphatic heterocycles. The molecule has 2 aliphatic rings. The van der Waals surface area contributed by atoms with Gasteiger partial charge in [-0.1, -0.05) is 17.7 Å². The van der Waals surface area contributed by atoms with E-state index in [-0.39, 0.29) is 11.5 Å². The van der Waals surface area contributed by atoms with Crippen molar-refractivity contribution in [1.29, 1.82) is 0 Å². The molecule has 0 saturated carbocycles. The number of carbonyl (C=O) groups excluding carboxylic acids is 1. The lowest BCUT2D eigenvalue weighted by Gasteiger charge is -2.37. The number of halogens is 1. The van der Waals surface area contributed by atoms with Crippen LogP contribution in [0.25, 0.3) is 0 Å². The molecule has 6 nitrogen and oxygen atoms in total. The number of carbonyl (C=O) groups is 1. The molecule has 7 heteroatoms. The van der Waals surface area contributed by atoms with Crippen molar-refractivity contribution >= 4 is 23.2 Å². The lowest BCUT2D eigenvalue weighted by molar-refractivity contribution is -0.135. The lowest BCUT2D eigenvalue weighted by Crippen LogP contribution is -2.51. The number of anilines is 1. The molecule has 1 aliphatic carbocycles. The monoisotopic (exact) mass is 400 g/mol. The zero-order chi connectivity index (χ0) is 19.8. The molecule has 1 atom stereocenters. The summed E-state index contributed by atoms with van der Waals surface area (Å²) in [7, 11) is 0. The molecule has 28 heavy (non-hydrogen) atoms. The highest BCUT2D eigenvalue weighted by atomic mass is 35.5. The van der Waals surface area contributed by atoms with Crippen LogP contribution in [0.3, 0.4) is 0 Å². The molecule has 0 N–H and O–H groups in total. The summed E-state index contributed by atoms with van der Waals surface area (Å²) in [6.45, 7) is 6.56. The van der Waals surface area contributed by atoms with Gasteiger partial charge in [0.15, 0.2) is 0 Å². The van der Waals surface area contributed by atoms with Crippen LogP contribution < -0.4 is 10.5 Å². The Labute approximate surface area is 169 Å². The minimum atomic E-state index is -0.585. The zero-order valence-corrected chi connectivity index (χ0v) is 17.1. The number of aryl methyl sites for hydroxylation is 3. The highest BCUT2D eigenvalue weighted by Gasteiger charge is 2.28. The number of benzene rings is 1. The van der Waals surface area contributed by atoms with Crippen LogP contribution in [-0.4, -0.2) is 46.8 Å². The van der Waals surface area contributed by atoms with E-state index in [9.17, 15) is 9.59 Å². The fourth-order valence-corrected chi connectivity index (χ4v) is 4.32. The van der Waals surface area contributed by atoms with E-state index in [1.807, 2.05) is 23.1 Å². The van der Waals surface area contributed by atoms with Crippen LogP contribution in [0.2, 0.25) is 5.02 Å². The van der Waals surface area contributed by atoms with Gasteiger partial charge < -0.3 is 9.80 Å². The number of rotatable bonds is 3. The van der Waals surface area contributed by atoms with Crippen molar-refractivity contribution < 1.29 is 4.79 Å². The van der Waals surface area contributed by atoms with E-state index in [1.54, 1.807) is 13.0 Å². The number of piperazine rings is 1. The molecule has 1 aromatic carbocycles. The standard InChI is InChI=1S/C21H25ClN4O2/c1-14-6-7-17(22)13-19(14)24-8-10-25(11-9-24)21(28)15(2)26-20(27)12-16-4-3-5-18(16)23-26/h6-7,12-13,15H,3-5,8-11H2,1-2H3. The third-order valence-electron chi connectivity index (χ3n) is 5.81. The minimum absolute atomic E-state index is 0.0463. The van der Waals surface area contributed by atoms with Gasteiger partial charge in [0.25, 0.3) is 5.56 Å². The Kier molecular flexibility index (Phi) is 5.15. The molecule has 2 aromatic rings. The van der Waals surface area contributed by atoms with E-state index in [2.05, 4.69) is 16.9 Å². The number of hydrogen-bond donors (Lipinski definition) is 0. The number of nitrogens with zero attached hydrogens (tertiary/aromatic N) is 4. The number of aromatic nitrogens is 2. The summed E-state index contributed by atoms with van der Waals surface area (Å²) in [5.74, 6) is -0.0463. The molecule has 0 bridgehead atoms. The van der Waals surface area contributed by atoms with Crippen molar-refractivity contribution in [3.05, 3.63) is 56.5 Å². The van der Waals surface area contributed by atoms with Gasteiger partial charge in [-0.05, 0) is 56.4 Å². The summed E-state index contributed by atoms with van der Waals surface area (Å²) in [5.41, 5.74) is 4.09. The van der Waals surface area contributed by atoms with Gasteiger partial charge in [-0.3, -0.25) is 9.59 Å². The van der Waals surface area contributed by atoms with Gasteiger partial charge in [0.2, 0.25) is 5.91 Å². The molecular formula is C21H25ClN4O2. The van der Waals surface area contributed by atoms with E-state index in [0.717, 1.165) is 54.3 Å². The summed E-state index contributed by atoms with van der Waals surface area (Å²) < 4.78 is 1.36. The number of hydrogen-bond acceptors (Lipinski definition) is 4. The molecule has 1 unspecified atom stereocenters. The normalized spacial score (nSPS) is 17.5. The van der Waals surface area contributed by atoms with Crippen molar-refractivity contribution in [2.45, 2.75) is 39.2 Å². The Hall–Kier alpha value is -2.34. The SMILES string of the molecule is Cc1ccc(Cl)cc1N1CCN(C(=O)C(C)n2nc3c(cc2=O)CCC3)CC1. The minimum Gasteiger partial charge on any atom is -0.368 e. The summed E-state index contributed by atoms with van der Waals surface area (Å²) in [5, 5.41) is 5.20. The van der Waals surface area contributed by atoms with E-state index < -0.39 is 6.04 Å². The second kappa shape index (κ2) is 7.59. The van der Waals surface area contributed by atoms with Gasteiger partial charge in [-0.2, -0.15) is 5.10 Å². The van der Waals surface area contributed by atoms with Gasteiger partial charge in [-0.25, -0.2) is 4.68 Å². The first-order chi connectivity index (χ1) is 13.4. The molecule has 4 rings (SSSR count). The Balaban J connectivity index is 1.45. The van der Waals surface area contributed by atoms with Crippen molar-refractivity contribution in [3.63, 3.8) is 0 Å². The second-order valence-electron chi connectivity index (χ2n) is 7.67. The van der Waals surface area contributed by atoms with Crippen LogP contribution in [0.5, 0.6) is 0 Å². The lowest BCUT2D eigenvalue weighted by atomic mass is 10.1. The van der Waals surface area contributed by atoms with Crippen LogP contribution in [0.15, 0.2) is 29.1 Å². The van der Waals surface area contributed by atoms with Gasteiger partial charge in [0, 0.05) is 43.0 Å². The Bertz CT molecular complexity index is 963. The first kappa shape index (κ1) is 19.0. The Morgan fingerprint density at radius 1 is 1.14 bits per heavy atom. The molecule has 1 amide bonds. The van der Waals surface area contributed by atoms with E-state index in [0.29, 0.717) is 13.1 Å². The summed E-state index contributed by atoms with van der Waals surface area (Å²) in [4.78, 5) is 29.5. The molecule has 0 spiro atoms. The van der Waals surface area contributed by atoms with Gasteiger partial charge in [0.05, 0.1) is 5.69 Å². The maximum atomic E-state index is 13.0. The Morgan fingerprint density at radius 2 is 1.89 bits per heavy atom. The summed E-state index contributed by atoms with van der Waals surface area (Å²) in [6.07, 6.45) is 2.82. The van der Waals surface area contributed by atoms with Gasteiger partial charge in [0.1, 0.15) is 6.04 Å². The molecule has 0 radical (unpaired) electrons. The third-order valence-corrected chi connectivity index (χ3v) is 6.04. The van der Waals surface area contributed by atoms with Crippen LogP contribution in [0.4, 0.5) is 5.69 Å². The largest absolute Gasteiger partial charge is 0.368 e. The molecule has 1 saturated heterocycles. The zero-order valence-electron chi connectivity index (χ0n) is 16.3. The number of fused-ring (bicyclic) bond motifs is 1. The van der Waals surface area contributed by atoms with E-state index in [4.69, 9.17) is 11.6 Å². The second-order valence-corrected chi connectivity index (χ2v) is 8.11. The van der Waals surface area contributed by atoms with Crippen molar-refractivity contribution in [1.82, 2.24) is 14.7 Å². The number of amides is 1. The summed E-state index contributed by atoms with van der Waals surface area (Å²) in [6, 6.07) is 6.95. The predicted molar refractivity (Wildman–Crippen MR) is 110 cm³/mol. The molecule has 1 aromatic heterocycles. The molecule has 1 fully saturated rings. The smallest absolute Gasteiger partial charge is 0.267 e.